The average molecular weight is 435 g/mol. The second kappa shape index (κ2) is 7.72. The number of nitrogens with one attached hydrogen (secondary N) is 1. The number of anilines is 1. The number of rotatable bonds is 6. The molecule has 0 aliphatic heterocycles. The van der Waals surface area contributed by atoms with Crippen LogP contribution in [0.2, 0.25) is 0 Å². The molecule has 29 heavy (non-hydrogen) atoms. The first kappa shape index (κ1) is 20.6. The quantitative estimate of drug-likeness (QED) is 0.342. The molecule has 0 fully saturated rings. The van der Waals surface area contributed by atoms with Crippen molar-refractivity contribution in [3.05, 3.63) is 63.5 Å². The lowest BCUT2D eigenvalue weighted by Crippen LogP contribution is -2.14. The topological polar surface area (TPSA) is 146 Å². The number of nitro groups is 1. The number of nitrogen functional groups attached to an aromatic ring is 1. The predicted octanol–water partition coefficient (Wildman–Crippen LogP) is 2.78. The molecule has 1 heterocycles. The SMILES string of the molecule is Cc1ccc(NS(=O)(=O)c2ccc(Sc3nnc(C)n3N)c([N+](=O)[O-])c2)c(C)c1. The molecule has 0 radical (unpaired) electrons. The van der Waals surface area contributed by atoms with E-state index in [0.29, 0.717) is 11.5 Å². The van der Waals surface area contributed by atoms with Crippen molar-refractivity contribution >= 4 is 33.2 Å². The van der Waals surface area contributed by atoms with Gasteiger partial charge in [-0.2, -0.15) is 0 Å². The van der Waals surface area contributed by atoms with Crippen LogP contribution in [0.15, 0.2) is 51.3 Å². The molecular weight excluding hydrogens is 416 g/mol. The Labute approximate surface area is 171 Å². The summed E-state index contributed by atoms with van der Waals surface area (Å²) in [6.45, 7) is 5.31. The Morgan fingerprint density at radius 2 is 1.86 bits per heavy atom. The molecule has 0 amide bonds. The third kappa shape index (κ3) is 4.32. The van der Waals surface area contributed by atoms with Gasteiger partial charge in [0, 0.05) is 6.07 Å². The van der Waals surface area contributed by atoms with E-state index in [0.717, 1.165) is 29.0 Å². The Hall–Kier alpha value is -3.12. The van der Waals surface area contributed by atoms with Crippen molar-refractivity contribution < 1.29 is 13.3 Å². The summed E-state index contributed by atoms with van der Waals surface area (Å²) in [4.78, 5) is 10.9. The van der Waals surface area contributed by atoms with E-state index in [1.807, 2.05) is 13.0 Å². The molecule has 0 aliphatic rings. The van der Waals surface area contributed by atoms with Gasteiger partial charge in [0.1, 0.15) is 5.82 Å². The molecule has 0 spiro atoms. The maximum atomic E-state index is 12.8. The van der Waals surface area contributed by atoms with Crippen LogP contribution in [-0.2, 0) is 10.0 Å². The van der Waals surface area contributed by atoms with Gasteiger partial charge < -0.3 is 5.84 Å². The normalized spacial score (nSPS) is 11.4. The fourth-order valence-corrected chi connectivity index (χ4v) is 4.58. The first-order valence-electron chi connectivity index (χ1n) is 8.32. The molecule has 0 saturated carbocycles. The van der Waals surface area contributed by atoms with Gasteiger partial charge in [0.15, 0.2) is 0 Å². The van der Waals surface area contributed by atoms with Gasteiger partial charge >= 0.3 is 0 Å². The molecule has 0 bridgehead atoms. The third-order valence-corrected chi connectivity index (χ3v) is 6.49. The minimum atomic E-state index is -4.02. The summed E-state index contributed by atoms with van der Waals surface area (Å²) < 4.78 is 29.2. The monoisotopic (exact) mass is 434 g/mol. The fourth-order valence-electron chi connectivity index (χ4n) is 2.54. The largest absolute Gasteiger partial charge is 0.336 e. The number of nitrogens with zero attached hydrogens (tertiary/aromatic N) is 4. The molecule has 0 aliphatic carbocycles. The minimum Gasteiger partial charge on any atom is -0.336 e. The number of nitrogens with two attached hydrogens (primary N) is 1. The van der Waals surface area contributed by atoms with Crippen LogP contribution in [0.5, 0.6) is 0 Å². The van der Waals surface area contributed by atoms with Gasteiger partial charge in [0.2, 0.25) is 5.16 Å². The zero-order valence-corrected chi connectivity index (χ0v) is 17.4. The number of aromatic nitrogens is 3. The number of hydrogen-bond acceptors (Lipinski definition) is 8. The summed E-state index contributed by atoms with van der Waals surface area (Å²) in [5.41, 5.74) is 1.76. The van der Waals surface area contributed by atoms with E-state index in [4.69, 9.17) is 5.84 Å². The van der Waals surface area contributed by atoms with Crippen LogP contribution in [-0.4, -0.2) is 28.2 Å². The van der Waals surface area contributed by atoms with Crippen LogP contribution >= 0.6 is 11.8 Å². The number of sulfonamides is 1. The minimum absolute atomic E-state index is 0.194. The summed E-state index contributed by atoms with van der Waals surface area (Å²) in [5, 5.41) is 19.4. The van der Waals surface area contributed by atoms with Gasteiger partial charge in [-0.15, -0.1) is 10.2 Å². The summed E-state index contributed by atoms with van der Waals surface area (Å²) in [6, 6.07) is 8.92. The average Bonchev–Trinajstić information content (AvgIpc) is 2.96. The molecule has 3 aromatic rings. The van der Waals surface area contributed by atoms with Gasteiger partial charge in [-0.1, -0.05) is 17.7 Å². The van der Waals surface area contributed by atoms with Crippen LogP contribution in [0.25, 0.3) is 0 Å². The molecule has 152 valence electrons. The molecular formula is C17H18N6O4S2. The molecule has 0 saturated heterocycles. The first-order valence-corrected chi connectivity index (χ1v) is 10.6. The molecule has 0 unspecified atom stereocenters. The smallest absolute Gasteiger partial charge is 0.284 e. The maximum Gasteiger partial charge on any atom is 0.284 e. The molecule has 10 nitrogen and oxygen atoms in total. The molecule has 2 aromatic carbocycles. The van der Waals surface area contributed by atoms with Crippen molar-refractivity contribution in [3.8, 4) is 0 Å². The van der Waals surface area contributed by atoms with E-state index in [1.54, 1.807) is 26.0 Å². The number of hydrogen-bond donors (Lipinski definition) is 2. The highest BCUT2D eigenvalue weighted by Gasteiger charge is 2.24. The lowest BCUT2D eigenvalue weighted by atomic mass is 10.1. The Morgan fingerprint density at radius 3 is 2.45 bits per heavy atom. The molecule has 3 rings (SSSR count). The fraction of sp³-hybridized carbons (Fsp3) is 0.176. The lowest BCUT2D eigenvalue weighted by Gasteiger charge is -2.12. The second-order valence-corrected chi connectivity index (χ2v) is 9.00. The van der Waals surface area contributed by atoms with Crippen molar-refractivity contribution in [2.45, 2.75) is 35.7 Å². The lowest BCUT2D eigenvalue weighted by molar-refractivity contribution is -0.388. The molecule has 0 atom stereocenters. The zero-order chi connectivity index (χ0) is 21.3. The number of benzene rings is 2. The predicted molar refractivity (Wildman–Crippen MR) is 109 cm³/mol. The summed E-state index contributed by atoms with van der Waals surface area (Å²) in [6.07, 6.45) is 0. The summed E-state index contributed by atoms with van der Waals surface area (Å²) >= 11 is 0.925. The van der Waals surface area contributed by atoms with Crippen molar-refractivity contribution in [1.29, 1.82) is 0 Å². The van der Waals surface area contributed by atoms with Crippen LogP contribution < -0.4 is 10.6 Å². The Kier molecular flexibility index (Phi) is 5.48. The Bertz CT molecular complexity index is 1210. The standard InChI is InChI=1S/C17H18N6O4S2/c1-10-4-6-14(11(2)8-10)21-29(26,27)13-5-7-16(15(9-13)23(24)25)28-17-20-19-12(3)22(17)18/h4-9,21H,18H2,1-3H3. The first-order chi connectivity index (χ1) is 13.6. The van der Waals surface area contributed by atoms with Crippen LogP contribution in [0.4, 0.5) is 11.4 Å². The highest BCUT2D eigenvalue weighted by molar-refractivity contribution is 7.99. The van der Waals surface area contributed by atoms with Crippen LogP contribution in [0, 0.1) is 30.9 Å². The van der Waals surface area contributed by atoms with Crippen molar-refractivity contribution in [3.63, 3.8) is 0 Å². The van der Waals surface area contributed by atoms with Crippen molar-refractivity contribution in [2.24, 2.45) is 0 Å². The Balaban J connectivity index is 1.96. The van der Waals surface area contributed by atoms with Crippen molar-refractivity contribution in [2.75, 3.05) is 10.6 Å². The molecule has 12 heteroatoms. The van der Waals surface area contributed by atoms with Crippen LogP contribution in [0.1, 0.15) is 17.0 Å². The third-order valence-electron chi connectivity index (χ3n) is 4.10. The number of nitro benzene ring substituents is 1. The van der Waals surface area contributed by atoms with Gasteiger partial charge in [-0.05, 0) is 56.3 Å². The van der Waals surface area contributed by atoms with E-state index < -0.39 is 14.9 Å². The van der Waals surface area contributed by atoms with Gasteiger partial charge in [0.05, 0.1) is 20.4 Å². The van der Waals surface area contributed by atoms with Crippen molar-refractivity contribution in [1.82, 2.24) is 14.9 Å². The van der Waals surface area contributed by atoms with Gasteiger partial charge in [-0.25, -0.2) is 13.1 Å². The van der Waals surface area contributed by atoms with E-state index in [1.165, 1.54) is 16.8 Å². The van der Waals surface area contributed by atoms with Gasteiger partial charge in [-0.3, -0.25) is 14.8 Å². The molecule has 3 N–H and O–H groups in total. The van der Waals surface area contributed by atoms with Crippen LogP contribution in [0.3, 0.4) is 0 Å². The van der Waals surface area contributed by atoms with E-state index >= 15 is 0 Å². The maximum absolute atomic E-state index is 12.8. The zero-order valence-electron chi connectivity index (χ0n) is 15.8. The summed E-state index contributed by atoms with van der Waals surface area (Å²) in [7, 11) is -4.02. The highest BCUT2D eigenvalue weighted by Crippen LogP contribution is 2.35. The van der Waals surface area contributed by atoms with E-state index in [9.17, 15) is 18.5 Å². The number of aryl methyl sites for hydroxylation is 3. The second-order valence-electron chi connectivity index (χ2n) is 6.31. The summed E-state index contributed by atoms with van der Waals surface area (Å²) in [5.74, 6) is 6.22. The van der Waals surface area contributed by atoms with E-state index in [-0.39, 0.29) is 20.6 Å². The molecule has 1 aromatic heterocycles. The Morgan fingerprint density at radius 1 is 1.14 bits per heavy atom. The van der Waals surface area contributed by atoms with Gasteiger partial charge in [0.25, 0.3) is 15.7 Å². The van der Waals surface area contributed by atoms with E-state index in [2.05, 4.69) is 14.9 Å². The highest BCUT2D eigenvalue weighted by atomic mass is 32.2.